The van der Waals surface area contributed by atoms with Crippen molar-refractivity contribution in [3.63, 3.8) is 0 Å². The van der Waals surface area contributed by atoms with E-state index in [0.717, 1.165) is 35.2 Å². The first kappa shape index (κ1) is 18.6. The summed E-state index contributed by atoms with van der Waals surface area (Å²) in [5.41, 5.74) is 4.15. The van der Waals surface area contributed by atoms with Crippen LogP contribution >= 0.6 is 0 Å². The monoisotopic (exact) mass is 310 g/mol. The number of nitrogens with one attached hydrogen (secondary N) is 1. The zero-order valence-electron chi connectivity index (χ0n) is 14.5. The quantitative estimate of drug-likeness (QED) is 0.817. The van der Waals surface area contributed by atoms with Crippen LogP contribution < -0.4 is 5.32 Å². The highest BCUT2D eigenvalue weighted by atomic mass is 16.1. The summed E-state index contributed by atoms with van der Waals surface area (Å²) in [7, 11) is 0. The van der Waals surface area contributed by atoms with Crippen LogP contribution in [0.4, 0.5) is 0 Å². The molecule has 1 amide bonds. The average molecular weight is 310 g/mol. The van der Waals surface area contributed by atoms with Gasteiger partial charge in [0.2, 0.25) is 5.91 Å². The molecule has 1 aromatic heterocycles. The first-order chi connectivity index (χ1) is 11.3. The molecule has 0 atom stereocenters. The third-order valence-electron chi connectivity index (χ3n) is 3.25. The van der Waals surface area contributed by atoms with E-state index in [0.29, 0.717) is 0 Å². The molecule has 3 rings (SSSR count). The fourth-order valence-corrected chi connectivity index (χ4v) is 2.28. The maximum absolute atomic E-state index is 11.6. The van der Waals surface area contributed by atoms with Gasteiger partial charge in [0.05, 0.1) is 0 Å². The third-order valence-corrected chi connectivity index (χ3v) is 3.25. The maximum Gasteiger partial charge on any atom is 0.247 e. The van der Waals surface area contributed by atoms with Crippen LogP contribution in [0.1, 0.15) is 39.7 Å². The van der Waals surface area contributed by atoms with Crippen molar-refractivity contribution in [2.45, 2.75) is 34.1 Å². The van der Waals surface area contributed by atoms with Crippen molar-refractivity contribution in [3.8, 4) is 11.1 Å². The first-order valence-electron chi connectivity index (χ1n) is 8.33. The summed E-state index contributed by atoms with van der Waals surface area (Å²) in [6, 6.07) is 12.1. The van der Waals surface area contributed by atoms with E-state index in [-0.39, 0.29) is 5.91 Å². The van der Waals surface area contributed by atoms with E-state index < -0.39 is 0 Å². The molecule has 23 heavy (non-hydrogen) atoms. The lowest BCUT2D eigenvalue weighted by atomic mass is 9.98. The Hall–Kier alpha value is -2.42. The van der Waals surface area contributed by atoms with Crippen molar-refractivity contribution in [3.05, 3.63) is 59.9 Å². The number of carbonyl (C=O) groups excluding carboxylic acids is 1. The molecule has 0 saturated carbocycles. The van der Waals surface area contributed by atoms with Gasteiger partial charge in [-0.15, -0.1) is 0 Å². The minimum Gasteiger partial charge on any atom is -0.352 e. The first-order valence-corrected chi connectivity index (χ1v) is 8.33. The predicted molar refractivity (Wildman–Crippen MR) is 98.0 cm³/mol. The molecule has 1 aliphatic heterocycles. The normalized spacial score (nSPS) is 14.3. The standard InChI is InChI=1S/C16H14N2O.2C2H6/c19-16-14(7-10-18-16)11-13-3-1-2-4-15(13)12-5-8-17-9-6-12;2*1-2/h1-6,8-9,11H,7,10H2,(H,18,19);2*1-2H3/b14-11+;;. The lowest BCUT2D eigenvalue weighted by molar-refractivity contribution is -0.116. The van der Waals surface area contributed by atoms with E-state index >= 15 is 0 Å². The number of benzene rings is 1. The lowest BCUT2D eigenvalue weighted by Gasteiger charge is -2.06. The van der Waals surface area contributed by atoms with Crippen LogP contribution in [0.5, 0.6) is 0 Å². The molecule has 1 fully saturated rings. The molecule has 3 nitrogen and oxygen atoms in total. The van der Waals surface area contributed by atoms with Gasteiger partial charge < -0.3 is 5.32 Å². The predicted octanol–water partition coefficient (Wildman–Crippen LogP) is 4.70. The van der Waals surface area contributed by atoms with Crippen molar-refractivity contribution in [1.29, 1.82) is 0 Å². The summed E-state index contributed by atoms with van der Waals surface area (Å²) in [5.74, 6) is 0.0459. The third kappa shape index (κ3) is 5.06. The molecule has 1 aliphatic rings. The van der Waals surface area contributed by atoms with Gasteiger partial charge in [-0.2, -0.15) is 0 Å². The van der Waals surface area contributed by atoms with Gasteiger partial charge in [-0.05, 0) is 41.3 Å². The Morgan fingerprint density at radius 2 is 1.65 bits per heavy atom. The van der Waals surface area contributed by atoms with Crippen LogP contribution in [0, 0.1) is 0 Å². The number of aromatic nitrogens is 1. The van der Waals surface area contributed by atoms with Crippen LogP contribution in [0.25, 0.3) is 17.2 Å². The minimum atomic E-state index is 0.0459. The van der Waals surface area contributed by atoms with Crippen LogP contribution in [0.3, 0.4) is 0 Å². The molecular formula is C20H26N2O. The van der Waals surface area contributed by atoms with Crippen molar-refractivity contribution < 1.29 is 4.79 Å². The Morgan fingerprint density at radius 1 is 1.00 bits per heavy atom. The second-order valence-corrected chi connectivity index (χ2v) is 4.50. The molecule has 1 saturated heterocycles. The largest absolute Gasteiger partial charge is 0.352 e. The van der Waals surface area contributed by atoms with Crippen molar-refractivity contribution in [1.82, 2.24) is 10.3 Å². The van der Waals surface area contributed by atoms with Crippen molar-refractivity contribution in [2.75, 3.05) is 6.54 Å². The zero-order chi connectivity index (χ0) is 17.1. The van der Waals surface area contributed by atoms with Gasteiger partial charge in [0.1, 0.15) is 0 Å². The van der Waals surface area contributed by atoms with E-state index in [1.165, 1.54) is 0 Å². The Balaban J connectivity index is 0.000000615. The van der Waals surface area contributed by atoms with Gasteiger partial charge in [-0.1, -0.05) is 52.0 Å². The number of amides is 1. The van der Waals surface area contributed by atoms with E-state index in [9.17, 15) is 4.79 Å². The van der Waals surface area contributed by atoms with Crippen LogP contribution in [0.15, 0.2) is 54.4 Å². The van der Waals surface area contributed by atoms with Crippen molar-refractivity contribution >= 4 is 12.0 Å². The van der Waals surface area contributed by atoms with Gasteiger partial charge in [-0.25, -0.2) is 0 Å². The summed E-state index contributed by atoms with van der Waals surface area (Å²) in [4.78, 5) is 15.7. The number of nitrogens with zero attached hydrogens (tertiary/aromatic N) is 1. The second-order valence-electron chi connectivity index (χ2n) is 4.50. The lowest BCUT2D eigenvalue weighted by Crippen LogP contribution is -2.14. The Labute approximate surface area is 139 Å². The summed E-state index contributed by atoms with van der Waals surface area (Å²) in [6.45, 7) is 8.74. The smallest absolute Gasteiger partial charge is 0.247 e. The van der Waals surface area contributed by atoms with Crippen LogP contribution in [-0.4, -0.2) is 17.4 Å². The summed E-state index contributed by atoms with van der Waals surface area (Å²) in [6.07, 6.45) is 6.34. The average Bonchev–Trinajstić information content (AvgIpc) is 3.04. The Morgan fingerprint density at radius 3 is 2.26 bits per heavy atom. The zero-order valence-corrected chi connectivity index (χ0v) is 14.5. The highest BCUT2D eigenvalue weighted by molar-refractivity contribution is 6.00. The van der Waals surface area contributed by atoms with Crippen LogP contribution in [0.2, 0.25) is 0 Å². The van der Waals surface area contributed by atoms with Gasteiger partial charge >= 0.3 is 0 Å². The molecule has 3 heteroatoms. The molecule has 0 unspecified atom stereocenters. The van der Waals surface area contributed by atoms with E-state index in [4.69, 9.17) is 0 Å². The molecule has 1 aromatic carbocycles. The fraction of sp³-hybridized carbons (Fsp3) is 0.300. The van der Waals surface area contributed by atoms with Crippen LogP contribution in [-0.2, 0) is 4.79 Å². The molecule has 0 bridgehead atoms. The SMILES string of the molecule is CC.CC.O=C1NCC/C1=C\c1ccccc1-c1ccncc1. The van der Waals surface area contributed by atoms with Gasteiger partial charge in [0.25, 0.3) is 0 Å². The number of carbonyl (C=O) groups is 1. The summed E-state index contributed by atoms with van der Waals surface area (Å²) >= 11 is 0. The highest BCUT2D eigenvalue weighted by Gasteiger charge is 2.16. The van der Waals surface area contributed by atoms with E-state index in [2.05, 4.69) is 16.4 Å². The number of rotatable bonds is 2. The van der Waals surface area contributed by atoms with E-state index in [1.54, 1.807) is 12.4 Å². The molecule has 0 radical (unpaired) electrons. The molecule has 2 aromatic rings. The maximum atomic E-state index is 11.6. The van der Waals surface area contributed by atoms with E-state index in [1.807, 2.05) is 64.1 Å². The Bertz CT molecular complexity index is 633. The molecule has 0 spiro atoms. The molecule has 122 valence electrons. The molecular weight excluding hydrogens is 284 g/mol. The number of pyridine rings is 1. The van der Waals surface area contributed by atoms with Gasteiger partial charge in [0, 0.05) is 24.5 Å². The Kier molecular flexibility index (Phi) is 8.37. The summed E-state index contributed by atoms with van der Waals surface area (Å²) in [5, 5.41) is 2.83. The highest BCUT2D eigenvalue weighted by Crippen LogP contribution is 2.26. The van der Waals surface area contributed by atoms with Gasteiger partial charge in [0.15, 0.2) is 0 Å². The molecule has 0 aliphatic carbocycles. The second kappa shape index (κ2) is 10.3. The van der Waals surface area contributed by atoms with Gasteiger partial charge in [-0.3, -0.25) is 9.78 Å². The minimum absolute atomic E-state index is 0.0459. The number of hydrogen-bond donors (Lipinski definition) is 1. The fourth-order valence-electron chi connectivity index (χ4n) is 2.28. The molecule has 1 N–H and O–H groups in total. The number of hydrogen-bond acceptors (Lipinski definition) is 2. The summed E-state index contributed by atoms with van der Waals surface area (Å²) < 4.78 is 0. The topological polar surface area (TPSA) is 42.0 Å². The molecule has 2 heterocycles. The van der Waals surface area contributed by atoms with Crippen molar-refractivity contribution in [2.24, 2.45) is 0 Å².